The summed E-state index contributed by atoms with van der Waals surface area (Å²) in [5.41, 5.74) is 10.8. The monoisotopic (exact) mass is 657 g/mol. The van der Waals surface area contributed by atoms with E-state index in [1.165, 1.54) is 20.2 Å². The van der Waals surface area contributed by atoms with Crippen LogP contribution in [0.3, 0.4) is 0 Å². The third-order valence-electron chi connectivity index (χ3n) is 9.44. The van der Waals surface area contributed by atoms with Crippen LogP contribution in [0.4, 0.5) is 0 Å². The minimum atomic E-state index is 0.669. The molecule has 0 aliphatic rings. The molecule has 10 rings (SSSR count). The van der Waals surface area contributed by atoms with Gasteiger partial charge in [-0.25, -0.2) is 9.97 Å². The Labute approximate surface area is 292 Å². The van der Waals surface area contributed by atoms with Gasteiger partial charge in [-0.1, -0.05) is 103 Å². The molecule has 5 heteroatoms. The number of aromatic nitrogens is 3. The molecular formula is C45H27N3OS. The Kier molecular flexibility index (Phi) is 6.64. The summed E-state index contributed by atoms with van der Waals surface area (Å²) in [5, 5.41) is 4.65. The molecule has 0 amide bonds. The van der Waals surface area contributed by atoms with Crippen LogP contribution in [0.15, 0.2) is 168 Å². The van der Waals surface area contributed by atoms with Crippen molar-refractivity contribution in [1.82, 2.24) is 15.0 Å². The highest BCUT2D eigenvalue weighted by Crippen LogP contribution is 2.44. The van der Waals surface area contributed by atoms with Crippen LogP contribution < -0.4 is 0 Å². The number of rotatable bonds is 5. The first-order valence-corrected chi connectivity index (χ1v) is 17.4. The lowest BCUT2D eigenvalue weighted by molar-refractivity contribution is 0.670. The van der Waals surface area contributed by atoms with Gasteiger partial charge in [0.2, 0.25) is 0 Å². The van der Waals surface area contributed by atoms with Gasteiger partial charge < -0.3 is 4.42 Å². The largest absolute Gasteiger partial charge is 0.455 e. The summed E-state index contributed by atoms with van der Waals surface area (Å²) in [7, 11) is 0. The van der Waals surface area contributed by atoms with Gasteiger partial charge in [-0.3, -0.25) is 4.98 Å². The van der Waals surface area contributed by atoms with Gasteiger partial charge in [0.25, 0.3) is 0 Å². The number of thiophene rings is 1. The fraction of sp³-hybridized carbons (Fsp3) is 0. The zero-order valence-corrected chi connectivity index (χ0v) is 27.6. The van der Waals surface area contributed by atoms with E-state index in [1.54, 1.807) is 0 Å². The number of pyridine rings is 1. The fourth-order valence-electron chi connectivity index (χ4n) is 6.99. The molecule has 0 saturated carbocycles. The number of benzene rings is 6. The number of fused-ring (bicyclic) bond motifs is 6. The standard InChI is InChI=1S/C45H27N3OS/c1-2-8-30(9-3-1)38-27-39(48-45(47-38)31-16-14-28(15-17-31)29-22-24-46-25-23-29)35-20-19-33(44-43(35)36-11-4-6-12-40(36)49-44)32-18-21-42-37(26-32)34-10-5-7-13-41(34)50-42/h1-27H. The van der Waals surface area contributed by atoms with Gasteiger partial charge in [-0.2, -0.15) is 0 Å². The topological polar surface area (TPSA) is 51.8 Å². The third kappa shape index (κ3) is 4.79. The van der Waals surface area contributed by atoms with Gasteiger partial charge in [0.1, 0.15) is 11.2 Å². The van der Waals surface area contributed by atoms with Gasteiger partial charge in [-0.05, 0) is 65.2 Å². The lowest BCUT2D eigenvalue weighted by Gasteiger charge is -2.12. The molecule has 0 N–H and O–H groups in total. The molecular weight excluding hydrogens is 631 g/mol. The molecule has 0 fully saturated rings. The fourth-order valence-corrected chi connectivity index (χ4v) is 8.08. The highest BCUT2D eigenvalue weighted by atomic mass is 32.1. The highest BCUT2D eigenvalue weighted by Gasteiger charge is 2.20. The predicted octanol–water partition coefficient (Wildman–Crippen LogP) is 12.5. The third-order valence-corrected chi connectivity index (χ3v) is 10.6. The van der Waals surface area contributed by atoms with Crippen LogP contribution in [0.2, 0.25) is 0 Å². The van der Waals surface area contributed by atoms with Crippen molar-refractivity contribution in [2.24, 2.45) is 0 Å². The molecule has 0 bridgehead atoms. The van der Waals surface area contributed by atoms with Crippen LogP contribution in [0.5, 0.6) is 0 Å². The Morgan fingerprint density at radius 3 is 1.96 bits per heavy atom. The van der Waals surface area contributed by atoms with Crippen LogP contribution in [-0.4, -0.2) is 15.0 Å². The summed E-state index contributed by atoms with van der Waals surface area (Å²) in [4.78, 5) is 14.5. The molecule has 0 aliphatic carbocycles. The van der Waals surface area contributed by atoms with E-state index in [2.05, 4.69) is 114 Å². The molecule has 0 unspecified atom stereocenters. The average Bonchev–Trinajstić information content (AvgIpc) is 3.77. The van der Waals surface area contributed by atoms with Gasteiger partial charge >= 0.3 is 0 Å². The first kappa shape index (κ1) is 28.6. The molecule has 234 valence electrons. The lowest BCUT2D eigenvalue weighted by Crippen LogP contribution is -1.96. The summed E-state index contributed by atoms with van der Waals surface area (Å²) >= 11 is 1.83. The van der Waals surface area contributed by atoms with Gasteiger partial charge in [0.05, 0.1) is 11.4 Å². The summed E-state index contributed by atoms with van der Waals surface area (Å²) < 4.78 is 9.30. The van der Waals surface area contributed by atoms with E-state index < -0.39 is 0 Å². The maximum atomic E-state index is 6.72. The van der Waals surface area contributed by atoms with E-state index in [9.17, 15) is 0 Å². The normalized spacial score (nSPS) is 11.6. The average molecular weight is 658 g/mol. The van der Waals surface area contributed by atoms with E-state index in [0.29, 0.717) is 5.82 Å². The quantitative estimate of drug-likeness (QED) is 0.185. The highest BCUT2D eigenvalue weighted by molar-refractivity contribution is 7.25. The maximum Gasteiger partial charge on any atom is 0.160 e. The second-order valence-electron chi connectivity index (χ2n) is 12.4. The first-order chi connectivity index (χ1) is 24.8. The molecule has 0 atom stereocenters. The number of hydrogen-bond donors (Lipinski definition) is 0. The van der Waals surface area contributed by atoms with Gasteiger partial charge in [0.15, 0.2) is 5.82 Å². The minimum Gasteiger partial charge on any atom is -0.455 e. The molecule has 4 heterocycles. The number of para-hydroxylation sites is 1. The van der Waals surface area contributed by atoms with Crippen LogP contribution in [0.25, 0.3) is 98.3 Å². The number of nitrogens with zero attached hydrogens (tertiary/aromatic N) is 3. The Bertz CT molecular complexity index is 2860. The zero-order valence-electron chi connectivity index (χ0n) is 26.7. The maximum absolute atomic E-state index is 6.72. The van der Waals surface area contributed by atoms with Crippen LogP contribution in [0, 0.1) is 0 Å². The zero-order chi connectivity index (χ0) is 33.0. The molecule has 10 aromatic rings. The summed E-state index contributed by atoms with van der Waals surface area (Å²) in [6.45, 7) is 0. The summed E-state index contributed by atoms with van der Waals surface area (Å²) in [6, 6.07) is 52.9. The van der Waals surface area contributed by atoms with Crippen molar-refractivity contribution in [2.75, 3.05) is 0 Å². The van der Waals surface area contributed by atoms with E-state index in [1.807, 2.05) is 66.2 Å². The molecule has 6 aromatic carbocycles. The van der Waals surface area contributed by atoms with E-state index in [0.717, 1.165) is 72.3 Å². The van der Waals surface area contributed by atoms with Gasteiger partial charge in [0, 0.05) is 65.6 Å². The Balaban J connectivity index is 1.18. The molecule has 0 radical (unpaired) electrons. The molecule has 4 aromatic heterocycles. The Morgan fingerprint density at radius 1 is 0.440 bits per heavy atom. The minimum absolute atomic E-state index is 0.669. The Hall–Kier alpha value is -6.43. The summed E-state index contributed by atoms with van der Waals surface area (Å²) in [6.07, 6.45) is 3.63. The molecule has 50 heavy (non-hydrogen) atoms. The van der Waals surface area contributed by atoms with Crippen molar-refractivity contribution in [2.45, 2.75) is 0 Å². The van der Waals surface area contributed by atoms with Crippen molar-refractivity contribution >= 4 is 53.4 Å². The number of furan rings is 1. The first-order valence-electron chi connectivity index (χ1n) is 16.6. The smallest absolute Gasteiger partial charge is 0.160 e. The molecule has 4 nitrogen and oxygen atoms in total. The Morgan fingerprint density at radius 2 is 1.10 bits per heavy atom. The van der Waals surface area contributed by atoms with Crippen molar-refractivity contribution in [3.63, 3.8) is 0 Å². The SMILES string of the molecule is c1ccc(-c2cc(-c3ccc(-c4ccc5sc6ccccc6c5c4)c4oc5ccccc5c34)nc(-c3ccc(-c4ccncc4)cc3)n2)cc1. The van der Waals surface area contributed by atoms with Crippen LogP contribution in [-0.2, 0) is 0 Å². The van der Waals surface area contributed by atoms with Crippen molar-refractivity contribution in [3.05, 3.63) is 164 Å². The van der Waals surface area contributed by atoms with E-state index >= 15 is 0 Å². The van der Waals surface area contributed by atoms with E-state index in [-0.39, 0.29) is 0 Å². The number of hydrogen-bond acceptors (Lipinski definition) is 5. The van der Waals surface area contributed by atoms with Crippen molar-refractivity contribution < 1.29 is 4.42 Å². The molecule has 0 saturated heterocycles. The van der Waals surface area contributed by atoms with Crippen molar-refractivity contribution in [1.29, 1.82) is 0 Å². The lowest BCUT2D eigenvalue weighted by atomic mass is 9.95. The van der Waals surface area contributed by atoms with Crippen LogP contribution in [0.1, 0.15) is 0 Å². The van der Waals surface area contributed by atoms with Crippen LogP contribution >= 0.6 is 11.3 Å². The second kappa shape index (κ2) is 11.6. The van der Waals surface area contributed by atoms with Crippen molar-refractivity contribution in [3.8, 4) is 56.2 Å². The van der Waals surface area contributed by atoms with E-state index in [4.69, 9.17) is 14.4 Å². The predicted molar refractivity (Wildman–Crippen MR) is 207 cm³/mol. The molecule has 0 aliphatic heterocycles. The molecule has 0 spiro atoms. The van der Waals surface area contributed by atoms with Gasteiger partial charge in [-0.15, -0.1) is 11.3 Å². The second-order valence-corrected chi connectivity index (χ2v) is 13.5. The summed E-state index contributed by atoms with van der Waals surface area (Å²) in [5.74, 6) is 0.669.